The number of nitrogens with zero attached hydrogens (tertiary/aromatic N) is 4. The number of aromatic nitrogens is 4. The van der Waals surface area contributed by atoms with Crippen LogP contribution in [0.3, 0.4) is 0 Å². The Morgan fingerprint density at radius 3 is 1.35 bits per heavy atom. The van der Waals surface area contributed by atoms with Crippen LogP contribution in [-0.2, 0) is 26.9 Å². The predicted molar refractivity (Wildman–Crippen MR) is 108 cm³/mol. The van der Waals surface area contributed by atoms with Crippen molar-refractivity contribution in [1.29, 1.82) is 0 Å². The fourth-order valence-electron chi connectivity index (χ4n) is 3.66. The van der Waals surface area contributed by atoms with Crippen molar-refractivity contribution < 1.29 is 0 Å². The molecule has 0 N–H and O–H groups in total. The monoisotopic (exact) mass is 346 g/mol. The summed E-state index contributed by atoms with van der Waals surface area (Å²) in [5.74, 6) is 2.23. The van der Waals surface area contributed by atoms with Gasteiger partial charge in [-0.2, -0.15) is 0 Å². The van der Waals surface area contributed by atoms with Gasteiger partial charge in [0.1, 0.15) is 11.6 Å². The zero-order chi connectivity index (χ0) is 18.6. The van der Waals surface area contributed by atoms with E-state index in [1.54, 1.807) is 0 Å². The molecule has 2 heterocycles. The van der Waals surface area contributed by atoms with Gasteiger partial charge in [0.15, 0.2) is 0 Å². The molecule has 134 valence electrons. The minimum absolute atomic E-state index is 0.887. The number of benzene rings is 2. The summed E-state index contributed by atoms with van der Waals surface area (Å²) in [6.07, 6.45) is 1.77. The molecular weight excluding hydrogens is 320 g/mol. The maximum atomic E-state index is 4.87. The maximum Gasteiger partial charge on any atom is 0.110 e. The molecule has 0 fully saturated rings. The highest BCUT2D eigenvalue weighted by Crippen LogP contribution is 2.23. The molecule has 0 saturated carbocycles. The van der Waals surface area contributed by atoms with Crippen LogP contribution in [0.2, 0.25) is 0 Å². The van der Waals surface area contributed by atoms with Crippen LogP contribution in [0, 0.1) is 27.7 Å². The smallest absolute Gasteiger partial charge is 0.110 e. The third-order valence-corrected chi connectivity index (χ3v) is 5.75. The normalized spacial score (nSPS) is 11.8. The molecule has 4 nitrogen and oxygen atoms in total. The summed E-state index contributed by atoms with van der Waals surface area (Å²) < 4.78 is 4.44. The lowest BCUT2D eigenvalue weighted by molar-refractivity contribution is 0.732. The van der Waals surface area contributed by atoms with Crippen molar-refractivity contribution in [2.24, 2.45) is 14.1 Å². The van der Waals surface area contributed by atoms with E-state index in [0.717, 1.165) is 35.5 Å². The average Bonchev–Trinajstić information content (AvgIpc) is 3.05. The van der Waals surface area contributed by atoms with Crippen molar-refractivity contribution in [2.45, 2.75) is 40.5 Å². The van der Waals surface area contributed by atoms with Crippen LogP contribution in [0.25, 0.3) is 22.1 Å². The molecular formula is C22H26N4. The first-order valence-corrected chi connectivity index (χ1v) is 9.20. The first-order chi connectivity index (χ1) is 12.3. The number of aryl methyl sites for hydroxylation is 8. The van der Waals surface area contributed by atoms with E-state index in [1.807, 2.05) is 0 Å². The summed E-state index contributed by atoms with van der Waals surface area (Å²) in [6, 6.07) is 8.85. The Hall–Kier alpha value is -2.62. The molecule has 0 aliphatic heterocycles. The summed E-state index contributed by atoms with van der Waals surface area (Å²) in [6.45, 7) is 8.61. The third kappa shape index (κ3) is 2.61. The molecule has 0 aliphatic rings. The van der Waals surface area contributed by atoms with Crippen molar-refractivity contribution >= 4 is 22.1 Å². The van der Waals surface area contributed by atoms with Crippen LogP contribution >= 0.6 is 0 Å². The van der Waals surface area contributed by atoms with Crippen LogP contribution in [0.5, 0.6) is 0 Å². The lowest BCUT2D eigenvalue weighted by atomic mass is 10.1. The average molecular weight is 346 g/mol. The predicted octanol–water partition coefficient (Wildman–Crippen LogP) is 4.48. The van der Waals surface area contributed by atoms with Crippen LogP contribution in [0.4, 0.5) is 0 Å². The van der Waals surface area contributed by atoms with Crippen molar-refractivity contribution in [1.82, 2.24) is 19.1 Å². The summed E-state index contributed by atoms with van der Waals surface area (Å²) in [5.41, 5.74) is 9.80. The van der Waals surface area contributed by atoms with Gasteiger partial charge in [0.25, 0.3) is 0 Å². The van der Waals surface area contributed by atoms with Gasteiger partial charge >= 0.3 is 0 Å². The second kappa shape index (κ2) is 5.97. The molecule has 0 aliphatic carbocycles. The molecule has 0 atom stereocenters. The molecule has 4 rings (SSSR count). The van der Waals surface area contributed by atoms with Crippen LogP contribution in [0.1, 0.15) is 33.9 Å². The molecule has 0 bridgehead atoms. The Labute approximate surface area is 154 Å². The Kier molecular flexibility index (Phi) is 3.87. The van der Waals surface area contributed by atoms with Crippen molar-refractivity contribution in [3.8, 4) is 0 Å². The van der Waals surface area contributed by atoms with E-state index in [0.29, 0.717) is 0 Å². The van der Waals surface area contributed by atoms with Gasteiger partial charge in [0.05, 0.1) is 22.1 Å². The minimum Gasteiger partial charge on any atom is -0.331 e. The fraction of sp³-hybridized carbons (Fsp3) is 0.364. The van der Waals surface area contributed by atoms with Crippen molar-refractivity contribution in [2.75, 3.05) is 0 Å². The highest BCUT2D eigenvalue weighted by Gasteiger charge is 2.13. The molecule has 0 unspecified atom stereocenters. The summed E-state index contributed by atoms with van der Waals surface area (Å²) in [7, 11) is 4.22. The minimum atomic E-state index is 0.887. The number of hydrogen-bond donors (Lipinski definition) is 0. The Morgan fingerprint density at radius 2 is 0.962 bits per heavy atom. The Balaban J connectivity index is 1.67. The SMILES string of the molecule is Cc1cc2nc(CCc3nc4cc(C)c(C)cc4n3C)n(C)c2cc1C. The topological polar surface area (TPSA) is 35.6 Å². The first kappa shape index (κ1) is 16.8. The van der Waals surface area contributed by atoms with E-state index >= 15 is 0 Å². The van der Waals surface area contributed by atoms with Crippen molar-refractivity contribution in [3.05, 3.63) is 58.2 Å². The molecule has 4 heteroatoms. The summed E-state index contributed by atoms with van der Waals surface area (Å²) in [5, 5.41) is 0. The van der Waals surface area contributed by atoms with Gasteiger partial charge in [-0.1, -0.05) is 0 Å². The lowest BCUT2D eigenvalue weighted by Crippen LogP contribution is -2.04. The maximum absolute atomic E-state index is 4.87. The molecule has 0 saturated heterocycles. The largest absolute Gasteiger partial charge is 0.331 e. The van der Waals surface area contributed by atoms with Gasteiger partial charge in [-0.3, -0.25) is 0 Å². The summed E-state index contributed by atoms with van der Waals surface area (Å²) >= 11 is 0. The van der Waals surface area contributed by atoms with E-state index in [2.05, 4.69) is 75.2 Å². The van der Waals surface area contributed by atoms with Crippen LogP contribution in [-0.4, -0.2) is 19.1 Å². The second-order valence-corrected chi connectivity index (χ2v) is 7.52. The first-order valence-electron chi connectivity index (χ1n) is 9.20. The van der Waals surface area contributed by atoms with Gasteiger partial charge in [-0.25, -0.2) is 9.97 Å². The fourth-order valence-corrected chi connectivity index (χ4v) is 3.66. The molecule has 2 aromatic heterocycles. The molecule has 0 radical (unpaired) electrons. The highest BCUT2D eigenvalue weighted by molar-refractivity contribution is 5.79. The third-order valence-electron chi connectivity index (χ3n) is 5.75. The standard InChI is InChI=1S/C22H26N4/c1-13-9-17-19(11-15(13)3)25(5)21(23-17)7-8-22-24-18-10-14(2)16(4)12-20(18)26(22)6/h9-12H,7-8H2,1-6H3. The van der Waals surface area contributed by atoms with E-state index in [9.17, 15) is 0 Å². The molecule has 2 aromatic carbocycles. The van der Waals surface area contributed by atoms with Crippen LogP contribution < -0.4 is 0 Å². The number of imidazole rings is 2. The molecule has 0 spiro atoms. The lowest BCUT2D eigenvalue weighted by Gasteiger charge is -2.05. The Bertz CT molecular complexity index is 1050. The number of rotatable bonds is 3. The van der Waals surface area contributed by atoms with Gasteiger partial charge in [-0.05, 0) is 74.2 Å². The van der Waals surface area contributed by atoms with Crippen LogP contribution in [0.15, 0.2) is 24.3 Å². The zero-order valence-electron chi connectivity index (χ0n) is 16.5. The molecule has 4 aromatic rings. The quantitative estimate of drug-likeness (QED) is 0.548. The number of hydrogen-bond acceptors (Lipinski definition) is 2. The second-order valence-electron chi connectivity index (χ2n) is 7.52. The summed E-state index contributed by atoms with van der Waals surface area (Å²) in [4.78, 5) is 9.73. The van der Waals surface area contributed by atoms with Crippen molar-refractivity contribution in [3.63, 3.8) is 0 Å². The zero-order valence-corrected chi connectivity index (χ0v) is 16.5. The van der Waals surface area contributed by atoms with E-state index in [4.69, 9.17) is 9.97 Å². The number of fused-ring (bicyclic) bond motifs is 2. The molecule has 0 amide bonds. The van der Waals surface area contributed by atoms with E-state index < -0.39 is 0 Å². The highest BCUT2D eigenvalue weighted by atomic mass is 15.1. The van der Waals surface area contributed by atoms with Gasteiger partial charge < -0.3 is 9.13 Å². The molecule has 26 heavy (non-hydrogen) atoms. The Morgan fingerprint density at radius 1 is 0.615 bits per heavy atom. The van der Waals surface area contributed by atoms with Gasteiger partial charge in [0.2, 0.25) is 0 Å². The van der Waals surface area contributed by atoms with E-state index in [-0.39, 0.29) is 0 Å². The van der Waals surface area contributed by atoms with Gasteiger partial charge in [0, 0.05) is 26.9 Å². The van der Waals surface area contributed by atoms with E-state index in [1.165, 1.54) is 33.3 Å². The van der Waals surface area contributed by atoms with Gasteiger partial charge in [-0.15, -0.1) is 0 Å².